The quantitative estimate of drug-likeness (QED) is 0.515. The molecule has 0 unspecified atom stereocenters. The lowest BCUT2D eigenvalue weighted by Gasteiger charge is -2.08. The zero-order chi connectivity index (χ0) is 6.81. The van der Waals surface area contributed by atoms with Gasteiger partial charge < -0.3 is 4.52 Å². The second kappa shape index (κ2) is 2.43. The topological polar surface area (TPSA) is 9.23 Å². The van der Waals surface area contributed by atoms with Crippen LogP contribution in [0.2, 0.25) is 0 Å². The van der Waals surface area contributed by atoms with E-state index in [2.05, 4.69) is 11.9 Å². The second-order valence-corrected chi connectivity index (χ2v) is 2.95. The zero-order valence-electron chi connectivity index (χ0n) is 5.45. The van der Waals surface area contributed by atoms with Crippen LogP contribution in [0.3, 0.4) is 0 Å². The minimum absolute atomic E-state index is 0.978. The largest absolute Gasteiger partial charge is 0.439 e. The molecule has 0 bridgehead atoms. The third-order valence-corrected chi connectivity index (χ3v) is 2.14. The fraction of sp³-hybridized carbons (Fsp3) is 0.125. The summed E-state index contributed by atoms with van der Waals surface area (Å²) in [4.78, 5) is 0. The van der Waals surface area contributed by atoms with Crippen LogP contribution in [0, 0.1) is 0 Å². The molecule has 0 fully saturated rings. The molecule has 0 N–H and O–H groups in total. The minimum Gasteiger partial charge on any atom is -0.439 e. The first-order valence-corrected chi connectivity index (χ1v) is 4.12. The number of rotatable bonds is 0. The van der Waals surface area contributed by atoms with Gasteiger partial charge in [0.05, 0.1) is 0 Å². The van der Waals surface area contributed by atoms with E-state index in [-0.39, 0.29) is 0 Å². The van der Waals surface area contributed by atoms with E-state index >= 15 is 0 Å². The molecule has 1 aromatic rings. The first kappa shape index (κ1) is 5.94. The molecule has 1 heterocycles. The van der Waals surface area contributed by atoms with Crippen molar-refractivity contribution in [2.24, 2.45) is 0 Å². The van der Waals surface area contributed by atoms with E-state index < -0.39 is 0 Å². The second-order valence-electron chi connectivity index (χ2n) is 2.19. The molecule has 0 spiro atoms. The molecule has 2 heteroatoms. The Balaban J connectivity index is 2.47. The van der Waals surface area contributed by atoms with E-state index in [1.807, 2.05) is 18.2 Å². The van der Waals surface area contributed by atoms with Crippen molar-refractivity contribution in [2.45, 2.75) is 6.42 Å². The number of hydrogen-bond acceptors (Lipinski definition) is 1. The molecule has 0 radical (unpaired) electrons. The monoisotopic (exact) mass is 150 g/mol. The van der Waals surface area contributed by atoms with E-state index in [0.29, 0.717) is 0 Å². The zero-order valence-corrected chi connectivity index (χ0v) is 6.34. The Morgan fingerprint density at radius 2 is 2.20 bits per heavy atom. The molecule has 0 saturated carbocycles. The number of benzene rings is 1. The summed E-state index contributed by atoms with van der Waals surface area (Å²) in [6.45, 7) is 0. The number of fused-ring (bicyclic) bond motifs is 1. The van der Waals surface area contributed by atoms with Crippen LogP contribution in [-0.2, 0) is 6.42 Å². The highest BCUT2D eigenvalue weighted by atomic mass is 31.1. The molecule has 2 rings (SSSR count). The average molecular weight is 150 g/mol. The molecule has 1 aliphatic rings. The van der Waals surface area contributed by atoms with Gasteiger partial charge in [-0.25, -0.2) is 0 Å². The molecule has 0 amide bonds. The van der Waals surface area contributed by atoms with Gasteiger partial charge in [0.25, 0.3) is 0 Å². The summed E-state index contributed by atoms with van der Waals surface area (Å²) in [7, 11) is 0.978. The fourth-order valence-corrected chi connectivity index (χ4v) is 1.63. The van der Waals surface area contributed by atoms with Crippen molar-refractivity contribution in [3.8, 4) is 5.75 Å². The molecule has 1 aliphatic heterocycles. The van der Waals surface area contributed by atoms with Gasteiger partial charge >= 0.3 is 0 Å². The molecule has 1 aromatic carbocycles. The van der Waals surface area contributed by atoms with Gasteiger partial charge in [0.2, 0.25) is 0 Å². The van der Waals surface area contributed by atoms with Crippen molar-refractivity contribution in [1.82, 2.24) is 0 Å². The van der Waals surface area contributed by atoms with Gasteiger partial charge in [-0.1, -0.05) is 18.2 Å². The number of para-hydroxylation sites is 1. The maximum atomic E-state index is 5.34. The first-order chi connectivity index (χ1) is 4.97. The predicted molar refractivity (Wildman–Crippen MR) is 43.8 cm³/mol. The lowest BCUT2D eigenvalue weighted by Crippen LogP contribution is -1.93. The molecular formula is C8H7OP. The van der Waals surface area contributed by atoms with Crippen LogP contribution in [0.1, 0.15) is 5.56 Å². The van der Waals surface area contributed by atoms with Crippen LogP contribution in [0.25, 0.3) is 0 Å². The minimum atomic E-state index is 0.978. The normalized spacial score (nSPS) is 15.6. The Labute approximate surface area is 61.5 Å². The highest BCUT2D eigenvalue weighted by Crippen LogP contribution is 2.25. The lowest BCUT2D eigenvalue weighted by atomic mass is 10.1. The van der Waals surface area contributed by atoms with Gasteiger partial charge in [-0.2, -0.15) is 0 Å². The average Bonchev–Trinajstić information content (AvgIpc) is 2.05. The van der Waals surface area contributed by atoms with Gasteiger partial charge in [-0.05, 0) is 17.4 Å². The third-order valence-electron chi connectivity index (χ3n) is 1.51. The molecule has 10 heavy (non-hydrogen) atoms. The van der Waals surface area contributed by atoms with Crippen molar-refractivity contribution in [1.29, 1.82) is 0 Å². The van der Waals surface area contributed by atoms with Crippen molar-refractivity contribution in [3.05, 3.63) is 29.8 Å². The van der Waals surface area contributed by atoms with Crippen LogP contribution in [0.15, 0.2) is 24.3 Å². The van der Waals surface area contributed by atoms with Crippen molar-refractivity contribution < 1.29 is 4.52 Å². The van der Waals surface area contributed by atoms with Crippen molar-refractivity contribution >= 4 is 14.2 Å². The van der Waals surface area contributed by atoms with Gasteiger partial charge in [-0.3, -0.25) is 0 Å². The van der Waals surface area contributed by atoms with Crippen LogP contribution < -0.4 is 4.52 Å². The van der Waals surface area contributed by atoms with E-state index in [9.17, 15) is 0 Å². The lowest BCUT2D eigenvalue weighted by molar-refractivity contribution is 0.631. The summed E-state index contributed by atoms with van der Waals surface area (Å²) in [6, 6.07) is 8.15. The van der Waals surface area contributed by atoms with Crippen molar-refractivity contribution in [2.75, 3.05) is 0 Å². The Morgan fingerprint density at radius 3 is 3.10 bits per heavy atom. The third kappa shape index (κ3) is 0.932. The summed E-state index contributed by atoms with van der Waals surface area (Å²) in [5, 5.41) is 0. The molecule has 1 nitrogen and oxygen atoms in total. The molecule has 0 saturated heterocycles. The molecular weight excluding hydrogens is 143 g/mol. The smallest absolute Gasteiger partial charge is 0.135 e. The fourth-order valence-electron chi connectivity index (χ4n) is 0.991. The summed E-state index contributed by atoms with van der Waals surface area (Å²) in [6.07, 6.45) is 1.04. The number of hydrogen-bond donors (Lipinski definition) is 0. The highest BCUT2D eigenvalue weighted by Gasteiger charge is 2.03. The SMILES string of the molecule is C1=POc2ccccc2C1. The van der Waals surface area contributed by atoms with E-state index in [1.165, 1.54) is 5.56 Å². The molecule has 0 aromatic heterocycles. The van der Waals surface area contributed by atoms with Crippen LogP contribution in [-0.4, -0.2) is 5.80 Å². The summed E-state index contributed by atoms with van der Waals surface area (Å²) in [5.41, 5.74) is 1.29. The molecule has 0 aliphatic carbocycles. The maximum Gasteiger partial charge on any atom is 0.135 e. The predicted octanol–water partition coefficient (Wildman–Crippen LogP) is 2.28. The van der Waals surface area contributed by atoms with E-state index in [0.717, 1.165) is 20.6 Å². The summed E-state index contributed by atoms with van der Waals surface area (Å²) >= 11 is 0. The van der Waals surface area contributed by atoms with Crippen LogP contribution in [0.4, 0.5) is 0 Å². The Bertz CT molecular complexity index is 241. The van der Waals surface area contributed by atoms with Crippen LogP contribution >= 0.6 is 8.43 Å². The standard InChI is InChI=1S/C8H7OP/c1-2-4-8-7(3-1)5-6-10-9-8/h1-4,6H,5H2. The summed E-state index contributed by atoms with van der Waals surface area (Å²) < 4.78 is 5.34. The van der Waals surface area contributed by atoms with Gasteiger partial charge in [0, 0.05) is 6.42 Å². The van der Waals surface area contributed by atoms with Crippen LogP contribution in [0.5, 0.6) is 5.75 Å². The summed E-state index contributed by atoms with van der Waals surface area (Å²) in [5.74, 6) is 3.15. The van der Waals surface area contributed by atoms with Gasteiger partial charge in [0.1, 0.15) is 14.2 Å². The Hall–Kier alpha value is -0.810. The van der Waals surface area contributed by atoms with E-state index in [4.69, 9.17) is 4.52 Å². The Morgan fingerprint density at radius 1 is 1.30 bits per heavy atom. The van der Waals surface area contributed by atoms with Crippen molar-refractivity contribution in [3.63, 3.8) is 0 Å². The highest BCUT2D eigenvalue weighted by molar-refractivity contribution is 7.33. The Kier molecular flexibility index (Phi) is 1.44. The molecule has 0 atom stereocenters. The van der Waals surface area contributed by atoms with E-state index in [1.54, 1.807) is 0 Å². The van der Waals surface area contributed by atoms with Gasteiger partial charge in [-0.15, -0.1) is 0 Å². The molecule has 50 valence electrons. The maximum absolute atomic E-state index is 5.34. The van der Waals surface area contributed by atoms with Gasteiger partial charge in [0.15, 0.2) is 0 Å². The first-order valence-electron chi connectivity index (χ1n) is 3.23.